The molecule has 2 heterocycles. The van der Waals surface area contributed by atoms with E-state index in [0.29, 0.717) is 6.54 Å². The fourth-order valence-electron chi connectivity index (χ4n) is 2.42. The highest BCUT2D eigenvalue weighted by Crippen LogP contribution is 2.28. The van der Waals surface area contributed by atoms with Gasteiger partial charge in [-0.15, -0.1) is 0 Å². The maximum Gasteiger partial charge on any atom is 0.237 e. The van der Waals surface area contributed by atoms with E-state index in [9.17, 15) is 4.79 Å². The van der Waals surface area contributed by atoms with Crippen molar-refractivity contribution in [3.63, 3.8) is 0 Å². The van der Waals surface area contributed by atoms with Crippen molar-refractivity contribution in [2.45, 2.75) is 32.0 Å². The lowest BCUT2D eigenvalue weighted by molar-refractivity contribution is -0.129. The molecule has 1 saturated heterocycles. The van der Waals surface area contributed by atoms with Gasteiger partial charge in [-0.05, 0) is 36.2 Å². The van der Waals surface area contributed by atoms with Crippen LogP contribution in [0, 0.1) is 0 Å². The second kappa shape index (κ2) is 5.16. The number of piperazine rings is 1. The number of carbonyl (C=O) groups excluding carboxylic acids is 1. The fourth-order valence-corrected chi connectivity index (χ4v) is 3.11. The van der Waals surface area contributed by atoms with E-state index in [1.807, 2.05) is 13.8 Å². The molecule has 0 aliphatic carbocycles. The normalized spacial score (nSPS) is 25.4. The zero-order valence-corrected chi connectivity index (χ0v) is 11.0. The lowest BCUT2D eigenvalue weighted by Gasteiger charge is -2.40. The Morgan fingerprint density at radius 3 is 3.00 bits per heavy atom. The van der Waals surface area contributed by atoms with Crippen molar-refractivity contribution >= 4 is 17.2 Å². The molecule has 0 spiro atoms. The van der Waals surface area contributed by atoms with Gasteiger partial charge in [0.2, 0.25) is 5.91 Å². The van der Waals surface area contributed by atoms with E-state index in [0.717, 1.165) is 6.54 Å². The number of hydrogen-bond donors (Lipinski definition) is 2. The summed E-state index contributed by atoms with van der Waals surface area (Å²) in [5, 5.41) is 7.06. The third-order valence-corrected chi connectivity index (χ3v) is 3.99. The molecule has 0 bridgehead atoms. The molecule has 4 nitrogen and oxygen atoms in total. The van der Waals surface area contributed by atoms with E-state index in [2.05, 4.69) is 27.0 Å². The predicted molar refractivity (Wildman–Crippen MR) is 69.9 cm³/mol. The van der Waals surface area contributed by atoms with E-state index in [4.69, 9.17) is 5.73 Å². The topological polar surface area (TPSA) is 58.4 Å². The highest BCUT2D eigenvalue weighted by atomic mass is 32.1. The van der Waals surface area contributed by atoms with Gasteiger partial charge in [0.25, 0.3) is 0 Å². The van der Waals surface area contributed by atoms with Crippen LogP contribution in [0.1, 0.15) is 25.5 Å². The SMILES string of the molecule is CC(N)C(c1ccsc1)N1CCNC(=O)C1C. The lowest BCUT2D eigenvalue weighted by atomic mass is 9.99. The van der Waals surface area contributed by atoms with Crippen molar-refractivity contribution in [1.29, 1.82) is 0 Å². The Morgan fingerprint density at radius 2 is 2.41 bits per heavy atom. The summed E-state index contributed by atoms with van der Waals surface area (Å²) >= 11 is 1.67. The summed E-state index contributed by atoms with van der Waals surface area (Å²) in [6.07, 6.45) is 0. The van der Waals surface area contributed by atoms with Crippen molar-refractivity contribution in [2.24, 2.45) is 5.73 Å². The predicted octanol–water partition coefficient (Wildman–Crippen LogP) is 0.957. The van der Waals surface area contributed by atoms with Crippen LogP contribution in [0.25, 0.3) is 0 Å². The number of thiophene rings is 1. The molecule has 0 saturated carbocycles. The molecule has 3 N–H and O–H groups in total. The maximum absolute atomic E-state index is 11.7. The van der Waals surface area contributed by atoms with Crippen LogP contribution in [-0.2, 0) is 4.79 Å². The van der Waals surface area contributed by atoms with Crippen LogP contribution in [0.15, 0.2) is 16.8 Å². The highest BCUT2D eigenvalue weighted by molar-refractivity contribution is 7.07. The Morgan fingerprint density at radius 1 is 1.65 bits per heavy atom. The summed E-state index contributed by atoms with van der Waals surface area (Å²) in [5.74, 6) is 0.0946. The van der Waals surface area contributed by atoms with Crippen LogP contribution >= 0.6 is 11.3 Å². The Labute approximate surface area is 106 Å². The zero-order valence-electron chi connectivity index (χ0n) is 10.2. The molecule has 3 unspecified atom stereocenters. The summed E-state index contributed by atoms with van der Waals surface area (Å²) in [4.78, 5) is 13.9. The molecule has 5 heteroatoms. The molecule has 1 aliphatic rings. The zero-order chi connectivity index (χ0) is 12.4. The Hall–Kier alpha value is -0.910. The van der Waals surface area contributed by atoms with Crippen LogP contribution in [-0.4, -0.2) is 36.0 Å². The minimum Gasteiger partial charge on any atom is -0.353 e. The minimum absolute atomic E-state index is 0.0120. The second-order valence-electron chi connectivity index (χ2n) is 4.57. The van der Waals surface area contributed by atoms with Gasteiger partial charge >= 0.3 is 0 Å². The van der Waals surface area contributed by atoms with Crippen molar-refractivity contribution in [2.75, 3.05) is 13.1 Å². The summed E-state index contributed by atoms with van der Waals surface area (Å²) in [6.45, 7) is 5.50. The van der Waals surface area contributed by atoms with Gasteiger partial charge in [-0.3, -0.25) is 9.69 Å². The molecule has 0 aromatic carbocycles. The van der Waals surface area contributed by atoms with Crippen LogP contribution in [0.5, 0.6) is 0 Å². The first kappa shape index (κ1) is 12.5. The number of carbonyl (C=O) groups is 1. The number of nitrogens with zero attached hydrogens (tertiary/aromatic N) is 1. The molecule has 17 heavy (non-hydrogen) atoms. The van der Waals surface area contributed by atoms with Crippen molar-refractivity contribution < 1.29 is 4.79 Å². The van der Waals surface area contributed by atoms with Gasteiger partial charge in [-0.25, -0.2) is 0 Å². The first-order valence-corrected chi connectivity index (χ1v) is 6.86. The molecule has 3 atom stereocenters. The van der Waals surface area contributed by atoms with Crippen LogP contribution in [0.3, 0.4) is 0 Å². The highest BCUT2D eigenvalue weighted by Gasteiger charge is 2.33. The standard InChI is InChI=1S/C12H19N3OS/c1-8(13)11(10-3-6-17-7-10)15-5-4-14-12(16)9(15)2/h3,6-9,11H,4-5,13H2,1-2H3,(H,14,16). The summed E-state index contributed by atoms with van der Waals surface area (Å²) in [6, 6.07) is 2.12. The van der Waals surface area contributed by atoms with Crippen LogP contribution in [0.2, 0.25) is 0 Å². The third kappa shape index (κ3) is 2.51. The van der Waals surface area contributed by atoms with Crippen molar-refractivity contribution in [3.05, 3.63) is 22.4 Å². The molecule has 1 fully saturated rings. The van der Waals surface area contributed by atoms with Gasteiger partial charge in [-0.1, -0.05) is 0 Å². The number of amides is 1. The van der Waals surface area contributed by atoms with Crippen LogP contribution in [0.4, 0.5) is 0 Å². The molecule has 94 valence electrons. The van der Waals surface area contributed by atoms with Gasteiger partial charge in [0.1, 0.15) is 0 Å². The number of rotatable bonds is 3. The quantitative estimate of drug-likeness (QED) is 0.843. The van der Waals surface area contributed by atoms with Gasteiger partial charge in [0.05, 0.1) is 12.1 Å². The van der Waals surface area contributed by atoms with E-state index < -0.39 is 0 Å². The molecule has 1 aromatic rings. The van der Waals surface area contributed by atoms with Crippen LogP contribution < -0.4 is 11.1 Å². The first-order valence-electron chi connectivity index (χ1n) is 5.92. The fraction of sp³-hybridized carbons (Fsp3) is 0.583. The van der Waals surface area contributed by atoms with Gasteiger partial charge in [-0.2, -0.15) is 11.3 Å². The van der Waals surface area contributed by atoms with E-state index in [1.165, 1.54) is 5.56 Å². The lowest BCUT2D eigenvalue weighted by Crippen LogP contribution is -2.57. The van der Waals surface area contributed by atoms with Gasteiger partial charge < -0.3 is 11.1 Å². The van der Waals surface area contributed by atoms with Crippen molar-refractivity contribution in [1.82, 2.24) is 10.2 Å². The third-order valence-electron chi connectivity index (χ3n) is 3.29. The average molecular weight is 253 g/mol. The average Bonchev–Trinajstić information content (AvgIpc) is 2.77. The molecule has 1 aliphatic heterocycles. The van der Waals surface area contributed by atoms with Gasteiger partial charge in [0.15, 0.2) is 0 Å². The van der Waals surface area contributed by atoms with Crippen molar-refractivity contribution in [3.8, 4) is 0 Å². The Kier molecular flexibility index (Phi) is 3.81. The smallest absolute Gasteiger partial charge is 0.237 e. The summed E-state index contributed by atoms with van der Waals surface area (Å²) in [5.41, 5.74) is 7.31. The second-order valence-corrected chi connectivity index (χ2v) is 5.35. The molecule has 0 radical (unpaired) electrons. The van der Waals surface area contributed by atoms with E-state index >= 15 is 0 Å². The molecule has 2 rings (SSSR count). The number of nitrogens with two attached hydrogens (primary N) is 1. The first-order chi connectivity index (χ1) is 8.11. The largest absolute Gasteiger partial charge is 0.353 e. The Balaban J connectivity index is 2.24. The monoisotopic (exact) mass is 253 g/mol. The molecular weight excluding hydrogens is 234 g/mol. The number of hydrogen-bond acceptors (Lipinski definition) is 4. The number of nitrogens with one attached hydrogen (secondary N) is 1. The van der Waals surface area contributed by atoms with E-state index in [-0.39, 0.29) is 24.0 Å². The Bertz CT molecular complexity index is 377. The maximum atomic E-state index is 11.7. The minimum atomic E-state index is -0.111. The van der Waals surface area contributed by atoms with Gasteiger partial charge in [0, 0.05) is 19.1 Å². The van der Waals surface area contributed by atoms with E-state index in [1.54, 1.807) is 11.3 Å². The molecule has 1 aromatic heterocycles. The summed E-state index contributed by atoms with van der Waals surface area (Å²) in [7, 11) is 0. The molecule has 1 amide bonds. The summed E-state index contributed by atoms with van der Waals surface area (Å²) < 4.78 is 0. The molecular formula is C12H19N3OS.